The number of likely N-dealkylation sites (tertiary alicyclic amines) is 1. The Morgan fingerprint density at radius 1 is 0.738 bits per heavy atom. The van der Waals surface area contributed by atoms with Crippen LogP contribution in [0.4, 0.5) is 0 Å². The summed E-state index contributed by atoms with van der Waals surface area (Å²) < 4.78 is 5.91. The minimum Gasteiger partial charge on any atom is -0.457 e. The summed E-state index contributed by atoms with van der Waals surface area (Å²) in [5.41, 5.74) is 7.33. The number of imide groups is 2. The highest BCUT2D eigenvalue weighted by molar-refractivity contribution is 6.27. The summed E-state index contributed by atoms with van der Waals surface area (Å²) in [4.78, 5) is 84.9. The van der Waals surface area contributed by atoms with Crippen molar-refractivity contribution in [3.8, 4) is 11.5 Å². The number of nitrogens with one attached hydrogen (secondary N) is 4. The quantitative estimate of drug-likeness (QED) is 0.107. The minimum atomic E-state index is -1.05. The van der Waals surface area contributed by atoms with Gasteiger partial charge in [-0.2, -0.15) is 0 Å². The van der Waals surface area contributed by atoms with Crippen molar-refractivity contribution in [2.75, 3.05) is 52.4 Å². The van der Waals surface area contributed by atoms with Crippen LogP contribution in [-0.2, 0) is 14.4 Å². The molecule has 0 spiro atoms. The van der Waals surface area contributed by atoms with Crippen molar-refractivity contribution in [1.82, 2.24) is 35.6 Å². The Morgan fingerprint density at radius 2 is 1.42 bits per heavy atom. The van der Waals surface area contributed by atoms with Crippen LogP contribution in [0.25, 0.3) is 0 Å². The number of hydrogen-bond donors (Lipinski definition) is 5. The van der Waals surface area contributed by atoms with Gasteiger partial charge in [0.2, 0.25) is 11.8 Å². The number of rotatable bonds is 11. The molecule has 0 bridgehead atoms. The molecule has 6 N–H and O–H groups in total. The number of fused-ring (bicyclic) bond motifs is 1. The fourth-order valence-electron chi connectivity index (χ4n) is 10.7. The summed E-state index contributed by atoms with van der Waals surface area (Å²) in [6.45, 7) is 7.06. The van der Waals surface area contributed by atoms with Gasteiger partial charge in [0.25, 0.3) is 23.6 Å². The van der Waals surface area contributed by atoms with Crippen LogP contribution in [0.2, 0.25) is 0 Å². The van der Waals surface area contributed by atoms with Gasteiger partial charge in [0, 0.05) is 82.0 Å². The summed E-state index contributed by atoms with van der Waals surface area (Å²) in [7, 11) is 0. The van der Waals surface area contributed by atoms with Crippen LogP contribution < -0.4 is 26.4 Å². The Labute approximate surface area is 378 Å². The van der Waals surface area contributed by atoms with E-state index in [2.05, 4.69) is 25.8 Å². The molecule has 16 nitrogen and oxygen atoms in total. The van der Waals surface area contributed by atoms with Crippen molar-refractivity contribution in [3.63, 3.8) is 0 Å². The molecule has 1 unspecified atom stereocenters. The van der Waals surface area contributed by atoms with Gasteiger partial charge in [-0.25, -0.2) is 0 Å². The molecule has 5 fully saturated rings. The summed E-state index contributed by atoms with van der Waals surface area (Å²) >= 11 is 0. The van der Waals surface area contributed by atoms with Crippen molar-refractivity contribution in [3.05, 3.63) is 106 Å². The van der Waals surface area contributed by atoms with Crippen molar-refractivity contribution >= 4 is 41.2 Å². The van der Waals surface area contributed by atoms with E-state index in [1.807, 2.05) is 35.2 Å². The Bertz CT molecular complexity index is 2380. The first-order valence-corrected chi connectivity index (χ1v) is 23.1. The summed E-state index contributed by atoms with van der Waals surface area (Å²) in [5.74, 6) is -0.278. The van der Waals surface area contributed by atoms with Crippen LogP contribution in [0.3, 0.4) is 0 Å². The van der Waals surface area contributed by atoms with Crippen LogP contribution >= 0.6 is 0 Å². The number of hydrogen-bond acceptors (Lipinski definition) is 12. The molecule has 6 aliphatic rings. The van der Waals surface area contributed by atoms with Crippen LogP contribution in [-0.4, -0.2) is 131 Å². The smallest absolute Gasteiger partial charge is 0.262 e. The molecule has 6 amide bonds. The third-order valence-corrected chi connectivity index (χ3v) is 14.3. The standard InChI is InChI=1S/C49H57N9O7/c50-43(32-8-13-36(14-9-32)65-35-4-2-1-3-5-35)42(44(51)60)45-52-21-18-39(53-45)31-6-11-34(12-7-31)56-26-24-55(25-27-56)29-30-19-22-57(23-20-30)47(62)33-10-15-37-38(28-33)49(64)58(48(37)63)40-16-17-41(59)54-46(40)61/h1-5,8-10,13-15,28,30-31,34,39-40,50,52-53H,6-7,11-12,16-27,29H2,(H2,51,60)(H,54,59,61)/b45-42+,50-43?/t31?,34?,39-,40?/m0/s1. The second kappa shape index (κ2) is 19.0. The first-order chi connectivity index (χ1) is 31.5. The van der Waals surface area contributed by atoms with Gasteiger partial charge in [0.05, 0.1) is 16.8 Å². The van der Waals surface area contributed by atoms with Gasteiger partial charge < -0.3 is 30.9 Å². The predicted octanol–water partition coefficient (Wildman–Crippen LogP) is 3.63. The fourth-order valence-corrected chi connectivity index (χ4v) is 10.7. The van der Waals surface area contributed by atoms with Crippen molar-refractivity contribution in [2.24, 2.45) is 17.6 Å². The van der Waals surface area contributed by atoms with Gasteiger partial charge in [0.1, 0.15) is 28.9 Å². The molecule has 9 rings (SSSR count). The monoisotopic (exact) mass is 883 g/mol. The van der Waals surface area contributed by atoms with Gasteiger partial charge in [-0.1, -0.05) is 18.2 Å². The summed E-state index contributed by atoms with van der Waals surface area (Å²) in [5, 5.41) is 18.1. The molecule has 1 saturated carbocycles. The first-order valence-electron chi connectivity index (χ1n) is 23.1. The van der Waals surface area contributed by atoms with Gasteiger partial charge >= 0.3 is 0 Å². The van der Waals surface area contributed by atoms with Crippen LogP contribution in [0, 0.1) is 17.2 Å². The van der Waals surface area contributed by atoms with Gasteiger partial charge in [0.15, 0.2) is 0 Å². The average Bonchev–Trinajstić information content (AvgIpc) is 3.57. The van der Waals surface area contributed by atoms with Crippen LogP contribution in [0.5, 0.6) is 11.5 Å². The lowest BCUT2D eigenvalue weighted by Gasteiger charge is -2.45. The molecule has 5 aliphatic heterocycles. The largest absolute Gasteiger partial charge is 0.457 e. The second-order valence-electron chi connectivity index (χ2n) is 18.2. The highest BCUT2D eigenvalue weighted by Crippen LogP contribution is 2.34. The Balaban J connectivity index is 0.710. The molecule has 1 aliphatic carbocycles. The molecule has 16 heteroatoms. The number of amides is 6. The lowest BCUT2D eigenvalue weighted by molar-refractivity contribution is -0.136. The topological polar surface area (TPSA) is 211 Å². The van der Waals surface area contributed by atoms with Crippen molar-refractivity contribution in [1.29, 1.82) is 5.41 Å². The van der Waals surface area contributed by atoms with E-state index in [9.17, 15) is 28.8 Å². The molecule has 5 heterocycles. The number of primary amides is 1. The first kappa shape index (κ1) is 43.8. The van der Waals surface area contributed by atoms with E-state index in [1.165, 1.54) is 12.1 Å². The van der Waals surface area contributed by atoms with Crippen molar-refractivity contribution < 1.29 is 33.5 Å². The predicted molar refractivity (Wildman–Crippen MR) is 241 cm³/mol. The molecular weight excluding hydrogens is 827 g/mol. The Kier molecular flexibility index (Phi) is 12.8. The van der Waals surface area contributed by atoms with E-state index in [0.29, 0.717) is 60.2 Å². The molecule has 0 aromatic heterocycles. The molecule has 3 aromatic rings. The fraction of sp³-hybridized carbons (Fsp3) is 0.449. The third kappa shape index (κ3) is 9.41. The highest BCUT2D eigenvalue weighted by Gasteiger charge is 2.45. The molecule has 340 valence electrons. The number of nitrogens with two attached hydrogens (primary N) is 1. The number of piperidine rings is 2. The Morgan fingerprint density at radius 3 is 2.11 bits per heavy atom. The van der Waals surface area contributed by atoms with E-state index in [4.69, 9.17) is 15.9 Å². The Hall–Kier alpha value is -6.39. The number of para-hydroxylation sites is 1. The zero-order chi connectivity index (χ0) is 45.2. The molecule has 0 radical (unpaired) electrons. The van der Waals surface area contributed by atoms with Crippen molar-refractivity contribution in [2.45, 2.75) is 75.9 Å². The SMILES string of the molecule is N=C(/C(C(N)=O)=C1/NCC[C@@H](C2CCC(N3CCN(CC4CCN(C(=O)c5ccc6c(c5)C(=O)N(C5CCC(=O)NC5=O)C6=O)CC4)CC3)CC2)N1)c1ccc(Oc2ccccc2)cc1. The van der Waals surface area contributed by atoms with E-state index < -0.39 is 35.6 Å². The lowest BCUT2D eigenvalue weighted by atomic mass is 9.79. The number of ether oxygens (including phenoxy) is 1. The zero-order valence-electron chi connectivity index (χ0n) is 36.6. The molecule has 2 atom stereocenters. The number of nitrogens with zero attached hydrogens (tertiary/aromatic N) is 4. The molecular formula is C49H57N9O7. The number of piperazine rings is 1. The maximum atomic E-state index is 13.6. The average molecular weight is 884 g/mol. The summed E-state index contributed by atoms with van der Waals surface area (Å²) in [6, 6.07) is 20.9. The maximum absolute atomic E-state index is 13.6. The summed E-state index contributed by atoms with van der Waals surface area (Å²) in [6.07, 6.45) is 7.29. The van der Waals surface area contributed by atoms with Gasteiger partial charge in [-0.3, -0.25) is 49.3 Å². The highest BCUT2D eigenvalue weighted by atomic mass is 16.5. The maximum Gasteiger partial charge on any atom is 0.262 e. The van der Waals surface area contributed by atoms with Gasteiger partial charge in [-0.05, 0) is 118 Å². The number of carbonyl (C=O) groups excluding carboxylic acids is 6. The molecule has 3 aromatic carbocycles. The van der Waals surface area contributed by atoms with E-state index in [0.717, 1.165) is 88.3 Å². The normalized spacial score (nSPS) is 25.3. The van der Waals surface area contributed by atoms with E-state index >= 15 is 0 Å². The molecule has 65 heavy (non-hydrogen) atoms. The number of carbonyl (C=O) groups is 6. The lowest BCUT2D eigenvalue weighted by Crippen LogP contribution is -2.54. The second-order valence-corrected chi connectivity index (χ2v) is 18.2. The van der Waals surface area contributed by atoms with Gasteiger partial charge in [-0.15, -0.1) is 0 Å². The zero-order valence-corrected chi connectivity index (χ0v) is 36.6. The van der Waals surface area contributed by atoms with E-state index in [-0.39, 0.29) is 47.2 Å². The van der Waals surface area contributed by atoms with Crippen LogP contribution in [0.1, 0.15) is 94.4 Å². The number of benzene rings is 3. The van der Waals surface area contributed by atoms with E-state index in [1.54, 1.807) is 30.3 Å². The minimum absolute atomic E-state index is 0.0446. The third-order valence-electron chi connectivity index (χ3n) is 14.3. The molecule has 4 saturated heterocycles. The van der Waals surface area contributed by atoms with Crippen LogP contribution in [0.15, 0.2) is 84.2 Å².